The van der Waals surface area contributed by atoms with E-state index in [1.807, 2.05) is 0 Å². The van der Waals surface area contributed by atoms with Crippen LogP contribution in [0.1, 0.15) is 33.1 Å². The summed E-state index contributed by atoms with van der Waals surface area (Å²) in [4.78, 5) is 11.5. The Morgan fingerprint density at radius 1 is 1.18 bits per heavy atom. The predicted octanol–water partition coefficient (Wildman–Crippen LogP) is 2.26. The van der Waals surface area contributed by atoms with E-state index in [1.54, 1.807) is 0 Å². The zero-order valence-corrected chi connectivity index (χ0v) is 7.34. The van der Waals surface area contributed by atoms with Crippen LogP contribution in [0.5, 0.6) is 0 Å². The molecule has 0 aromatic carbocycles. The number of ketones is 1. The Morgan fingerprint density at radius 2 is 1.91 bits per heavy atom. The van der Waals surface area contributed by atoms with Gasteiger partial charge in [-0.2, -0.15) is 0 Å². The number of fused-ring (bicyclic) bond motifs is 1. The Labute approximate surface area is 68.2 Å². The van der Waals surface area contributed by atoms with Gasteiger partial charge in [-0.05, 0) is 30.6 Å². The molecule has 0 spiro atoms. The first kappa shape index (κ1) is 7.33. The Kier molecular flexibility index (Phi) is 1.55. The average Bonchev–Trinajstić information content (AvgIpc) is 2.41. The fourth-order valence-corrected chi connectivity index (χ4v) is 3.04. The molecule has 0 unspecified atom stereocenters. The van der Waals surface area contributed by atoms with Crippen molar-refractivity contribution in [2.24, 2.45) is 23.7 Å². The molecule has 0 aromatic heterocycles. The molecule has 2 aliphatic carbocycles. The van der Waals surface area contributed by atoms with E-state index in [0.717, 1.165) is 12.3 Å². The van der Waals surface area contributed by atoms with Gasteiger partial charge in [0.15, 0.2) is 0 Å². The number of Topliss-reactive ketones (excluding diaryl/α,β-unsaturated/α-hetero) is 1. The molecule has 4 atom stereocenters. The molecule has 2 saturated carbocycles. The molecule has 11 heavy (non-hydrogen) atoms. The zero-order chi connectivity index (χ0) is 8.01. The van der Waals surface area contributed by atoms with Crippen LogP contribution in [0, 0.1) is 23.7 Å². The first-order chi connectivity index (χ1) is 5.20. The van der Waals surface area contributed by atoms with Crippen molar-refractivity contribution in [3.05, 3.63) is 0 Å². The van der Waals surface area contributed by atoms with Gasteiger partial charge >= 0.3 is 0 Å². The van der Waals surface area contributed by atoms with Crippen LogP contribution in [0.3, 0.4) is 0 Å². The maximum absolute atomic E-state index is 11.5. The molecule has 0 radical (unpaired) electrons. The Balaban J connectivity index is 2.22. The summed E-state index contributed by atoms with van der Waals surface area (Å²) < 4.78 is 0. The van der Waals surface area contributed by atoms with Gasteiger partial charge in [-0.15, -0.1) is 0 Å². The van der Waals surface area contributed by atoms with Crippen LogP contribution in [0.4, 0.5) is 0 Å². The maximum Gasteiger partial charge on any atom is 0.136 e. The molecule has 0 amide bonds. The second-order valence-electron chi connectivity index (χ2n) is 4.39. The van der Waals surface area contributed by atoms with Crippen LogP contribution in [0.15, 0.2) is 0 Å². The standard InChI is InChI=1S/C10H16O/c1-6-3-4-8-7(2)5-9(11)10(6)8/h6-8,10H,3-5H2,1-2H3/t6-,7-,8+,10+/m0/s1. The highest BCUT2D eigenvalue weighted by Gasteiger charge is 2.46. The van der Waals surface area contributed by atoms with Crippen molar-refractivity contribution in [2.75, 3.05) is 0 Å². The predicted molar refractivity (Wildman–Crippen MR) is 44.2 cm³/mol. The minimum absolute atomic E-state index is 0.449. The lowest BCUT2D eigenvalue weighted by molar-refractivity contribution is -0.121. The highest BCUT2D eigenvalue weighted by atomic mass is 16.1. The lowest BCUT2D eigenvalue weighted by Gasteiger charge is -2.13. The summed E-state index contributed by atoms with van der Waals surface area (Å²) >= 11 is 0. The van der Waals surface area contributed by atoms with E-state index in [1.165, 1.54) is 12.8 Å². The molecule has 0 bridgehead atoms. The van der Waals surface area contributed by atoms with Crippen LogP contribution in [-0.4, -0.2) is 5.78 Å². The fourth-order valence-electron chi connectivity index (χ4n) is 3.04. The van der Waals surface area contributed by atoms with E-state index in [0.29, 0.717) is 23.5 Å². The van der Waals surface area contributed by atoms with E-state index in [-0.39, 0.29) is 0 Å². The van der Waals surface area contributed by atoms with Crippen molar-refractivity contribution >= 4 is 5.78 Å². The van der Waals surface area contributed by atoms with Crippen LogP contribution in [-0.2, 0) is 4.79 Å². The van der Waals surface area contributed by atoms with Crippen molar-refractivity contribution in [3.8, 4) is 0 Å². The summed E-state index contributed by atoms with van der Waals surface area (Å²) in [5.41, 5.74) is 0. The van der Waals surface area contributed by atoms with Crippen LogP contribution in [0.25, 0.3) is 0 Å². The molecule has 0 heterocycles. The van der Waals surface area contributed by atoms with Gasteiger partial charge in [-0.25, -0.2) is 0 Å². The van der Waals surface area contributed by atoms with Crippen LogP contribution < -0.4 is 0 Å². The van der Waals surface area contributed by atoms with Gasteiger partial charge in [0.25, 0.3) is 0 Å². The lowest BCUT2D eigenvalue weighted by atomic mass is 9.90. The average molecular weight is 152 g/mol. The van der Waals surface area contributed by atoms with Gasteiger partial charge in [0, 0.05) is 12.3 Å². The fraction of sp³-hybridized carbons (Fsp3) is 0.900. The van der Waals surface area contributed by atoms with E-state index in [4.69, 9.17) is 0 Å². The molecular formula is C10H16O. The van der Waals surface area contributed by atoms with Crippen molar-refractivity contribution in [1.82, 2.24) is 0 Å². The monoisotopic (exact) mass is 152 g/mol. The Bertz CT molecular complexity index is 185. The van der Waals surface area contributed by atoms with E-state index >= 15 is 0 Å². The highest BCUT2D eigenvalue weighted by molar-refractivity contribution is 5.84. The molecule has 0 N–H and O–H groups in total. The Morgan fingerprint density at radius 3 is 2.55 bits per heavy atom. The number of hydrogen-bond acceptors (Lipinski definition) is 1. The number of rotatable bonds is 0. The molecule has 1 heteroatoms. The second-order valence-corrected chi connectivity index (χ2v) is 4.39. The van der Waals surface area contributed by atoms with Gasteiger partial charge in [0.1, 0.15) is 5.78 Å². The summed E-state index contributed by atoms with van der Waals surface area (Å²) in [5, 5.41) is 0. The van der Waals surface area contributed by atoms with E-state index in [2.05, 4.69) is 13.8 Å². The summed E-state index contributed by atoms with van der Waals surface area (Å²) in [6.45, 7) is 4.47. The van der Waals surface area contributed by atoms with Gasteiger partial charge in [0.2, 0.25) is 0 Å². The third kappa shape index (κ3) is 0.935. The number of carbonyl (C=O) groups is 1. The summed E-state index contributed by atoms with van der Waals surface area (Å²) in [6, 6.07) is 0. The van der Waals surface area contributed by atoms with Crippen LogP contribution in [0.2, 0.25) is 0 Å². The minimum atomic E-state index is 0.449. The van der Waals surface area contributed by atoms with Gasteiger partial charge < -0.3 is 0 Å². The molecule has 2 aliphatic rings. The van der Waals surface area contributed by atoms with Crippen molar-refractivity contribution in [2.45, 2.75) is 33.1 Å². The third-order valence-corrected chi connectivity index (χ3v) is 3.66. The number of carbonyl (C=O) groups excluding carboxylic acids is 1. The zero-order valence-electron chi connectivity index (χ0n) is 7.34. The van der Waals surface area contributed by atoms with Crippen molar-refractivity contribution < 1.29 is 4.79 Å². The number of hydrogen-bond donors (Lipinski definition) is 0. The van der Waals surface area contributed by atoms with Crippen LogP contribution >= 0.6 is 0 Å². The summed E-state index contributed by atoms with van der Waals surface area (Å²) in [6.07, 6.45) is 3.45. The quantitative estimate of drug-likeness (QED) is 0.520. The molecule has 2 fully saturated rings. The molecular weight excluding hydrogens is 136 g/mol. The molecule has 0 aromatic rings. The molecule has 0 aliphatic heterocycles. The van der Waals surface area contributed by atoms with Gasteiger partial charge in [-0.1, -0.05) is 13.8 Å². The van der Waals surface area contributed by atoms with E-state index in [9.17, 15) is 4.79 Å². The minimum Gasteiger partial charge on any atom is -0.299 e. The first-order valence-electron chi connectivity index (χ1n) is 4.73. The summed E-state index contributed by atoms with van der Waals surface area (Å²) in [7, 11) is 0. The SMILES string of the molecule is C[C@H]1CC(=O)[C@H]2[C@@H]1CC[C@@H]2C. The topological polar surface area (TPSA) is 17.1 Å². The largest absolute Gasteiger partial charge is 0.299 e. The van der Waals surface area contributed by atoms with Gasteiger partial charge in [-0.3, -0.25) is 4.79 Å². The smallest absolute Gasteiger partial charge is 0.136 e. The second kappa shape index (κ2) is 2.33. The Hall–Kier alpha value is -0.330. The normalized spacial score (nSPS) is 49.8. The lowest BCUT2D eigenvalue weighted by Crippen LogP contribution is -2.15. The molecule has 1 nitrogen and oxygen atoms in total. The van der Waals surface area contributed by atoms with E-state index < -0.39 is 0 Å². The summed E-state index contributed by atoms with van der Waals surface area (Å²) in [5.74, 6) is 3.10. The molecule has 0 saturated heterocycles. The van der Waals surface area contributed by atoms with Crippen molar-refractivity contribution in [3.63, 3.8) is 0 Å². The van der Waals surface area contributed by atoms with Gasteiger partial charge in [0.05, 0.1) is 0 Å². The molecule has 62 valence electrons. The maximum atomic E-state index is 11.5. The third-order valence-electron chi connectivity index (χ3n) is 3.66. The molecule has 2 rings (SSSR count). The highest BCUT2D eigenvalue weighted by Crippen LogP contribution is 2.48. The van der Waals surface area contributed by atoms with Crippen molar-refractivity contribution in [1.29, 1.82) is 0 Å². The first-order valence-corrected chi connectivity index (χ1v) is 4.73.